The van der Waals surface area contributed by atoms with E-state index in [1.165, 1.54) is 11.5 Å². The van der Waals surface area contributed by atoms with Crippen LogP contribution in [-0.4, -0.2) is 9.36 Å². The van der Waals surface area contributed by atoms with Gasteiger partial charge in [0.1, 0.15) is 0 Å². The summed E-state index contributed by atoms with van der Waals surface area (Å²) in [5.74, 6) is 1.68. The van der Waals surface area contributed by atoms with Gasteiger partial charge in [0.05, 0.1) is 5.75 Å². The molecule has 0 aliphatic heterocycles. The van der Waals surface area contributed by atoms with Crippen molar-refractivity contribution < 1.29 is 0 Å². The number of rotatable bonds is 3. The number of nitrogens with zero attached hydrogens (tertiary/aromatic N) is 2. The van der Waals surface area contributed by atoms with Crippen molar-refractivity contribution >= 4 is 57.5 Å². The van der Waals surface area contributed by atoms with Gasteiger partial charge in [-0.1, -0.05) is 17.7 Å². The minimum atomic E-state index is 0.765. The van der Waals surface area contributed by atoms with E-state index in [9.17, 15) is 0 Å². The molecule has 1 aromatic carbocycles. The Labute approximate surface area is 115 Å². The van der Waals surface area contributed by atoms with Crippen molar-refractivity contribution in [1.29, 1.82) is 0 Å². The first-order chi connectivity index (χ1) is 7.24. The molecule has 0 bridgehead atoms. The fourth-order valence-corrected chi connectivity index (χ4v) is 3.15. The zero-order chi connectivity index (χ0) is 10.7. The maximum absolute atomic E-state index is 5.89. The quantitative estimate of drug-likeness (QED) is 0.603. The average Bonchev–Trinajstić information content (AvgIpc) is 2.62. The lowest BCUT2D eigenvalue weighted by atomic mass is 10.4. The van der Waals surface area contributed by atoms with Gasteiger partial charge in [-0.15, -0.1) is 11.8 Å². The standard InChI is InChI=1S/C9H6ClIN2S2/c10-6-2-1-3-7(4-6)14-5-8-12-9(11)15-13-8/h1-4H,5H2. The van der Waals surface area contributed by atoms with Crippen molar-refractivity contribution in [1.82, 2.24) is 9.36 Å². The number of hydrogen-bond donors (Lipinski definition) is 0. The minimum Gasteiger partial charge on any atom is -0.213 e. The Morgan fingerprint density at radius 2 is 2.33 bits per heavy atom. The van der Waals surface area contributed by atoms with Gasteiger partial charge >= 0.3 is 0 Å². The molecule has 1 heterocycles. The van der Waals surface area contributed by atoms with Crippen LogP contribution in [0.5, 0.6) is 0 Å². The summed E-state index contributed by atoms with van der Waals surface area (Å²) in [7, 11) is 0. The highest BCUT2D eigenvalue weighted by Gasteiger charge is 2.02. The zero-order valence-electron chi connectivity index (χ0n) is 7.48. The van der Waals surface area contributed by atoms with E-state index in [0.717, 1.165) is 24.5 Å². The molecule has 0 saturated carbocycles. The summed E-state index contributed by atoms with van der Waals surface area (Å²) >= 11 is 11.2. The van der Waals surface area contributed by atoms with Crippen molar-refractivity contribution in [2.45, 2.75) is 10.6 Å². The molecule has 2 nitrogen and oxygen atoms in total. The fraction of sp³-hybridized carbons (Fsp3) is 0.111. The third-order valence-corrected chi connectivity index (χ3v) is 4.21. The van der Waals surface area contributed by atoms with E-state index in [0.29, 0.717) is 0 Å². The predicted octanol–water partition coefficient (Wildman–Crippen LogP) is 4.09. The highest BCUT2D eigenvalue weighted by Crippen LogP contribution is 2.24. The summed E-state index contributed by atoms with van der Waals surface area (Å²) in [5.41, 5.74) is 0. The van der Waals surface area contributed by atoms with Crippen molar-refractivity contribution in [3.63, 3.8) is 0 Å². The second kappa shape index (κ2) is 5.47. The first-order valence-electron chi connectivity index (χ1n) is 4.10. The SMILES string of the molecule is Clc1cccc(SCc2nsc(I)n2)c1. The molecule has 6 heteroatoms. The Kier molecular flexibility index (Phi) is 4.24. The Morgan fingerprint density at radius 3 is 3.00 bits per heavy atom. The molecule has 0 N–H and O–H groups in total. The van der Waals surface area contributed by atoms with Gasteiger partial charge in [-0.25, -0.2) is 4.98 Å². The molecule has 0 unspecified atom stereocenters. The van der Waals surface area contributed by atoms with E-state index >= 15 is 0 Å². The number of benzene rings is 1. The Hall–Kier alpha value is 0.150. The van der Waals surface area contributed by atoms with Gasteiger partial charge in [0.25, 0.3) is 0 Å². The van der Waals surface area contributed by atoms with Crippen LogP contribution in [0.3, 0.4) is 0 Å². The van der Waals surface area contributed by atoms with E-state index in [1.807, 2.05) is 24.3 Å². The Bertz CT molecular complexity index is 461. The number of aromatic nitrogens is 2. The Balaban J connectivity index is 1.99. The molecule has 2 rings (SSSR count). The lowest BCUT2D eigenvalue weighted by Crippen LogP contribution is -1.83. The van der Waals surface area contributed by atoms with Gasteiger partial charge < -0.3 is 0 Å². The third-order valence-electron chi connectivity index (χ3n) is 1.61. The van der Waals surface area contributed by atoms with Crippen molar-refractivity contribution in [2.24, 2.45) is 0 Å². The number of halogens is 2. The molecular weight excluding hydrogens is 363 g/mol. The molecule has 0 atom stereocenters. The van der Waals surface area contributed by atoms with Gasteiger partial charge in [0.2, 0.25) is 0 Å². The van der Waals surface area contributed by atoms with Crippen LogP contribution in [0.4, 0.5) is 0 Å². The second-order valence-electron chi connectivity index (χ2n) is 2.71. The molecule has 0 spiro atoms. The summed E-state index contributed by atoms with van der Waals surface area (Å²) < 4.78 is 5.20. The van der Waals surface area contributed by atoms with E-state index < -0.39 is 0 Å². The third kappa shape index (κ3) is 3.58. The average molecular weight is 369 g/mol. The summed E-state index contributed by atoms with van der Waals surface area (Å²) in [6.45, 7) is 0. The molecule has 0 radical (unpaired) electrons. The van der Waals surface area contributed by atoms with Crippen LogP contribution in [0.25, 0.3) is 0 Å². The van der Waals surface area contributed by atoms with Gasteiger partial charge in [-0.3, -0.25) is 0 Å². The van der Waals surface area contributed by atoms with Crippen molar-refractivity contribution in [3.8, 4) is 0 Å². The van der Waals surface area contributed by atoms with E-state index in [4.69, 9.17) is 11.6 Å². The second-order valence-corrected chi connectivity index (χ2v) is 6.70. The maximum atomic E-state index is 5.89. The van der Waals surface area contributed by atoms with E-state index in [2.05, 4.69) is 31.9 Å². The van der Waals surface area contributed by atoms with Crippen LogP contribution < -0.4 is 0 Å². The monoisotopic (exact) mass is 368 g/mol. The predicted molar refractivity (Wildman–Crippen MR) is 73.6 cm³/mol. The minimum absolute atomic E-state index is 0.765. The highest BCUT2D eigenvalue weighted by atomic mass is 127. The molecule has 0 saturated heterocycles. The smallest absolute Gasteiger partial charge is 0.174 e. The summed E-state index contributed by atoms with van der Waals surface area (Å²) in [6.07, 6.45) is 0. The van der Waals surface area contributed by atoms with E-state index in [1.54, 1.807) is 11.8 Å². The van der Waals surface area contributed by atoms with Crippen LogP contribution in [0, 0.1) is 3.01 Å². The van der Waals surface area contributed by atoms with Crippen LogP contribution >= 0.6 is 57.5 Å². The van der Waals surface area contributed by atoms with Crippen LogP contribution in [-0.2, 0) is 5.75 Å². The first kappa shape index (κ1) is 11.6. The van der Waals surface area contributed by atoms with Crippen LogP contribution in [0.2, 0.25) is 5.02 Å². The van der Waals surface area contributed by atoms with Gasteiger partial charge in [-0.05, 0) is 52.3 Å². The molecule has 0 aliphatic carbocycles. The van der Waals surface area contributed by atoms with Gasteiger partial charge in [-0.2, -0.15) is 4.37 Å². The number of thioether (sulfide) groups is 1. The molecule has 0 aliphatic rings. The van der Waals surface area contributed by atoms with Crippen LogP contribution in [0.1, 0.15) is 5.82 Å². The van der Waals surface area contributed by atoms with E-state index in [-0.39, 0.29) is 0 Å². The molecular formula is C9H6ClIN2S2. The highest BCUT2D eigenvalue weighted by molar-refractivity contribution is 14.1. The molecule has 0 fully saturated rings. The molecule has 15 heavy (non-hydrogen) atoms. The molecule has 2 aromatic rings. The largest absolute Gasteiger partial charge is 0.213 e. The first-order valence-corrected chi connectivity index (χ1v) is 7.32. The topological polar surface area (TPSA) is 25.8 Å². The van der Waals surface area contributed by atoms with Crippen molar-refractivity contribution in [3.05, 3.63) is 38.1 Å². The zero-order valence-corrected chi connectivity index (χ0v) is 12.0. The summed E-state index contributed by atoms with van der Waals surface area (Å²) in [4.78, 5) is 5.43. The Morgan fingerprint density at radius 1 is 1.47 bits per heavy atom. The van der Waals surface area contributed by atoms with Gasteiger partial charge in [0, 0.05) is 9.92 Å². The maximum Gasteiger partial charge on any atom is 0.174 e. The normalized spacial score (nSPS) is 10.5. The molecule has 1 aromatic heterocycles. The lowest BCUT2D eigenvalue weighted by molar-refractivity contribution is 1.12. The number of hydrogen-bond acceptors (Lipinski definition) is 4. The molecule has 0 amide bonds. The van der Waals surface area contributed by atoms with Crippen LogP contribution in [0.15, 0.2) is 29.2 Å². The molecule has 78 valence electrons. The van der Waals surface area contributed by atoms with Gasteiger partial charge in [0.15, 0.2) is 8.84 Å². The summed E-state index contributed by atoms with van der Waals surface area (Å²) in [5, 5.41) is 0.765. The lowest BCUT2D eigenvalue weighted by Gasteiger charge is -1.98. The summed E-state index contributed by atoms with van der Waals surface area (Å²) in [6, 6.07) is 7.80. The van der Waals surface area contributed by atoms with Crippen molar-refractivity contribution in [2.75, 3.05) is 0 Å². The fourth-order valence-electron chi connectivity index (χ4n) is 0.996.